The van der Waals surface area contributed by atoms with Gasteiger partial charge in [0.1, 0.15) is 0 Å². The number of nitriles is 1. The molecule has 3 atom stereocenters. The molecule has 3 unspecified atom stereocenters. The molecule has 0 aliphatic carbocycles. The van der Waals surface area contributed by atoms with E-state index in [1.54, 1.807) is 11.3 Å². The highest BCUT2D eigenvalue weighted by Gasteiger charge is 2.53. The zero-order chi connectivity index (χ0) is 11.2. The molecule has 84 valence electrons. The van der Waals surface area contributed by atoms with Crippen molar-refractivity contribution in [2.75, 3.05) is 0 Å². The van der Waals surface area contributed by atoms with Crippen LogP contribution in [0.25, 0.3) is 0 Å². The van der Waals surface area contributed by atoms with E-state index in [-0.39, 0.29) is 11.5 Å². The fraction of sp³-hybridized carbons (Fsp3) is 0.667. The molecule has 0 amide bonds. The second kappa shape index (κ2) is 3.54. The van der Waals surface area contributed by atoms with Crippen molar-refractivity contribution in [2.24, 2.45) is 5.41 Å². The molecule has 3 nitrogen and oxygen atoms in total. The molecule has 0 N–H and O–H groups in total. The van der Waals surface area contributed by atoms with E-state index in [0.29, 0.717) is 6.10 Å². The number of thiazole rings is 1. The zero-order valence-corrected chi connectivity index (χ0v) is 10.1. The maximum Gasteiger partial charge on any atom is 0.0915 e. The van der Waals surface area contributed by atoms with Crippen LogP contribution in [0.5, 0.6) is 0 Å². The Hall–Kier alpha value is -0.920. The lowest BCUT2D eigenvalue weighted by atomic mass is 9.72. The van der Waals surface area contributed by atoms with Gasteiger partial charge >= 0.3 is 0 Å². The molecule has 0 aromatic carbocycles. The quantitative estimate of drug-likeness (QED) is 0.789. The lowest BCUT2D eigenvalue weighted by molar-refractivity contribution is 0.0785. The zero-order valence-electron chi connectivity index (χ0n) is 9.27. The van der Waals surface area contributed by atoms with Gasteiger partial charge in [0.05, 0.1) is 34.4 Å². The Morgan fingerprint density at radius 1 is 1.69 bits per heavy atom. The minimum Gasteiger partial charge on any atom is -0.373 e. The predicted molar refractivity (Wildman–Crippen MR) is 61.1 cm³/mol. The van der Waals surface area contributed by atoms with Crippen LogP contribution >= 0.6 is 11.3 Å². The third kappa shape index (κ3) is 1.47. The Morgan fingerprint density at radius 2 is 2.56 bits per heavy atom. The van der Waals surface area contributed by atoms with Crippen molar-refractivity contribution in [2.45, 2.75) is 44.8 Å². The van der Waals surface area contributed by atoms with E-state index in [4.69, 9.17) is 4.74 Å². The molecule has 3 heterocycles. The van der Waals surface area contributed by atoms with E-state index < -0.39 is 0 Å². The summed E-state index contributed by atoms with van der Waals surface area (Å²) in [7, 11) is 0. The van der Waals surface area contributed by atoms with Gasteiger partial charge in [-0.3, -0.25) is 0 Å². The standard InChI is InChI=1S/C12H14N2OS/c1-8-14-9(6-16-8)4-12(7-13)5-10-2-3-11(12)15-10/h6,10-11H,2-5H2,1H3. The molecule has 4 heteroatoms. The Kier molecular flexibility index (Phi) is 2.27. The number of fused-ring (bicyclic) bond motifs is 2. The second-order valence-electron chi connectivity index (χ2n) is 4.83. The third-order valence-corrected chi connectivity index (χ3v) is 4.52. The first-order chi connectivity index (χ1) is 7.72. The van der Waals surface area contributed by atoms with E-state index >= 15 is 0 Å². The normalized spacial score (nSPS) is 36.5. The SMILES string of the molecule is Cc1nc(CC2(C#N)CC3CCC2O3)cs1. The lowest BCUT2D eigenvalue weighted by Crippen LogP contribution is -2.33. The van der Waals surface area contributed by atoms with Gasteiger partial charge < -0.3 is 4.74 Å². The minimum absolute atomic E-state index is 0.143. The van der Waals surface area contributed by atoms with Crippen LogP contribution in [0, 0.1) is 23.7 Å². The van der Waals surface area contributed by atoms with E-state index in [1.807, 2.05) is 6.92 Å². The summed E-state index contributed by atoms with van der Waals surface area (Å²) < 4.78 is 5.81. The first-order valence-electron chi connectivity index (χ1n) is 5.69. The van der Waals surface area contributed by atoms with Crippen LogP contribution in [-0.4, -0.2) is 17.2 Å². The summed E-state index contributed by atoms with van der Waals surface area (Å²) >= 11 is 1.66. The summed E-state index contributed by atoms with van der Waals surface area (Å²) in [6, 6.07) is 2.51. The smallest absolute Gasteiger partial charge is 0.0915 e. The van der Waals surface area contributed by atoms with Gasteiger partial charge in [-0.25, -0.2) is 4.98 Å². The number of ether oxygens (including phenoxy) is 1. The van der Waals surface area contributed by atoms with E-state index in [9.17, 15) is 5.26 Å². The van der Waals surface area contributed by atoms with E-state index in [2.05, 4.69) is 16.4 Å². The average Bonchev–Trinajstić information content (AvgIpc) is 2.94. The van der Waals surface area contributed by atoms with Crippen molar-refractivity contribution in [3.8, 4) is 6.07 Å². The molecule has 16 heavy (non-hydrogen) atoms. The lowest BCUT2D eigenvalue weighted by Gasteiger charge is -2.27. The molecule has 3 rings (SSSR count). The van der Waals surface area contributed by atoms with Crippen molar-refractivity contribution in [1.82, 2.24) is 4.98 Å². The van der Waals surface area contributed by atoms with Crippen molar-refractivity contribution >= 4 is 11.3 Å². The van der Waals surface area contributed by atoms with E-state index in [0.717, 1.165) is 36.4 Å². The van der Waals surface area contributed by atoms with Crippen LogP contribution in [0.4, 0.5) is 0 Å². The van der Waals surface area contributed by atoms with Gasteiger partial charge in [0.25, 0.3) is 0 Å². The number of rotatable bonds is 2. The Labute approximate surface area is 99.1 Å². The Morgan fingerprint density at radius 3 is 3.06 bits per heavy atom. The summed E-state index contributed by atoms with van der Waals surface area (Å²) in [5.74, 6) is 0. The van der Waals surface area contributed by atoms with Gasteiger partial charge in [0.15, 0.2) is 0 Å². The summed E-state index contributed by atoms with van der Waals surface area (Å²) in [4.78, 5) is 4.46. The molecule has 2 bridgehead atoms. The summed E-state index contributed by atoms with van der Waals surface area (Å²) in [5, 5.41) is 12.6. The molecular weight excluding hydrogens is 220 g/mol. The van der Waals surface area contributed by atoms with E-state index in [1.165, 1.54) is 0 Å². The van der Waals surface area contributed by atoms with Gasteiger partial charge in [-0.15, -0.1) is 11.3 Å². The van der Waals surface area contributed by atoms with Gasteiger partial charge in [-0.05, 0) is 26.2 Å². The highest BCUT2D eigenvalue weighted by molar-refractivity contribution is 7.09. The summed E-state index contributed by atoms with van der Waals surface area (Å²) in [6.45, 7) is 2.00. The van der Waals surface area contributed by atoms with Crippen LogP contribution in [0.15, 0.2) is 5.38 Å². The highest BCUT2D eigenvalue weighted by Crippen LogP contribution is 2.49. The first kappa shape index (κ1) is 10.2. The van der Waals surface area contributed by atoms with Gasteiger partial charge in [-0.2, -0.15) is 5.26 Å². The fourth-order valence-electron chi connectivity index (χ4n) is 2.96. The monoisotopic (exact) mass is 234 g/mol. The molecule has 2 aliphatic heterocycles. The minimum atomic E-state index is -0.302. The average molecular weight is 234 g/mol. The van der Waals surface area contributed by atoms with Crippen LogP contribution in [0.3, 0.4) is 0 Å². The number of nitrogens with zero attached hydrogens (tertiary/aromatic N) is 2. The maximum absolute atomic E-state index is 9.45. The Bertz CT molecular complexity index is 450. The van der Waals surface area contributed by atoms with Gasteiger partial charge in [0.2, 0.25) is 0 Å². The first-order valence-corrected chi connectivity index (χ1v) is 6.57. The summed E-state index contributed by atoms with van der Waals surface area (Å²) in [5.41, 5.74) is 0.754. The molecule has 0 saturated carbocycles. The number of hydrogen-bond donors (Lipinski definition) is 0. The van der Waals surface area contributed by atoms with Gasteiger partial charge in [-0.1, -0.05) is 0 Å². The van der Waals surface area contributed by atoms with Gasteiger partial charge in [0, 0.05) is 11.8 Å². The van der Waals surface area contributed by atoms with Crippen LogP contribution in [-0.2, 0) is 11.2 Å². The number of hydrogen-bond acceptors (Lipinski definition) is 4. The van der Waals surface area contributed by atoms with Crippen LogP contribution in [0.1, 0.15) is 30.0 Å². The van der Waals surface area contributed by atoms with Crippen molar-refractivity contribution < 1.29 is 4.74 Å². The van der Waals surface area contributed by atoms with Crippen molar-refractivity contribution in [3.05, 3.63) is 16.1 Å². The molecule has 2 fully saturated rings. The Balaban J connectivity index is 1.85. The maximum atomic E-state index is 9.45. The van der Waals surface area contributed by atoms with Crippen LogP contribution < -0.4 is 0 Å². The van der Waals surface area contributed by atoms with Crippen molar-refractivity contribution in [3.63, 3.8) is 0 Å². The number of aromatic nitrogens is 1. The highest BCUT2D eigenvalue weighted by atomic mass is 32.1. The molecule has 0 radical (unpaired) electrons. The molecule has 0 spiro atoms. The summed E-state index contributed by atoms with van der Waals surface area (Å²) in [6.07, 6.45) is 4.29. The third-order valence-electron chi connectivity index (χ3n) is 3.70. The number of aryl methyl sites for hydroxylation is 1. The van der Waals surface area contributed by atoms with Crippen molar-refractivity contribution in [1.29, 1.82) is 5.26 Å². The topological polar surface area (TPSA) is 45.9 Å². The molecular formula is C12H14N2OS. The molecule has 1 aromatic rings. The molecule has 2 aliphatic rings. The fourth-order valence-corrected chi connectivity index (χ4v) is 3.57. The largest absolute Gasteiger partial charge is 0.373 e. The van der Waals surface area contributed by atoms with Crippen LogP contribution in [0.2, 0.25) is 0 Å². The predicted octanol–water partition coefficient (Wildman–Crippen LogP) is 2.46. The molecule has 1 aromatic heterocycles. The molecule has 2 saturated heterocycles. The second-order valence-corrected chi connectivity index (χ2v) is 5.89.